The quantitative estimate of drug-likeness (QED) is 0.573. The summed E-state index contributed by atoms with van der Waals surface area (Å²) in [6, 6.07) is 0. The monoisotopic (exact) mass is 175 g/mol. The third kappa shape index (κ3) is 2.19. The van der Waals surface area contributed by atoms with E-state index in [2.05, 4.69) is 25.7 Å². The average Bonchev–Trinajstić information content (AvgIpc) is 2.14. The van der Waals surface area contributed by atoms with Crippen molar-refractivity contribution >= 4 is 0 Å². The molecule has 3 heteroatoms. The summed E-state index contributed by atoms with van der Waals surface area (Å²) in [6.07, 6.45) is 0.835. The Bertz CT molecular complexity index is 101. The summed E-state index contributed by atoms with van der Waals surface area (Å²) in [4.78, 5) is 2.16. The van der Waals surface area contributed by atoms with Crippen LogP contribution in [0.2, 0.25) is 0 Å². The van der Waals surface area contributed by atoms with Crippen molar-refractivity contribution in [2.24, 2.45) is 0 Å². The van der Waals surface area contributed by atoms with Crippen molar-refractivity contribution in [3.05, 3.63) is 0 Å². The van der Waals surface area contributed by atoms with E-state index in [0.29, 0.717) is 0 Å². The fourth-order valence-corrected chi connectivity index (χ4v) is 1.56. The summed E-state index contributed by atoms with van der Waals surface area (Å²) in [7, 11) is 3.37. The van der Waals surface area contributed by atoms with Gasteiger partial charge in [0.2, 0.25) is 5.91 Å². The zero-order chi connectivity index (χ0) is 9.61. The van der Waals surface area contributed by atoms with Gasteiger partial charge in [-0.1, -0.05) is 20.8 Å². The normalized spacial score (nSPS) is 12.5. The molecular formula is C9H21NO2. The van der Waals surface area contributed by atoms with Gasteiger partial charge in [0.15, 0.2) is 0 Å². The maximum Gasteiger partial charge on any atom is 0.229 e. The molecule has 0 aromatic heterocycles. The Balaban J connectivity index is 4.42. The molecule has 0 aliphatic carbocycles. The van der Waals surface area contributed by atoms with Gasteiger partial charge in [-0.05, 0) is 0 Å². The standard InChI is InChI=1S/C9H21NO2/c1-6-9(11-4,12-5)10(7-2)8-3/h6-8H2,1-5H3. The lowest BCUT2D eigenvalue weighted by Crippen LogP contribution is -2.51. The Kier molecular flexibility index (Phi) is 5.46. The van der Waals surface area contributed by atoms with Gasteiger partial charge in [-0.3, -0.25) is 4.90 Å². The van der Waals surface area contributed by atoms with Crippen molar-refractivity contribution < 1.29 is 9.47 Å². The predicted octanol–water partition coefficient (Wildman–Crippen LogP) is 1.68. The first-order valence-corrected chi connectivity index (χ1v) is 4.56. The highest BCUT2D eigenvalue weighted by molar-refractivity contribution is 4.67. The van der Waals surface area contributed by atoms with E-state index in [1.165, 1.54) is 0 Å². The van der Waals surface area contributed by atoms with Crippen molar-refractivity contribution in [2.75, 3.05) is 27.3 Å². The minimum atomic E-state index is -0.524. The van der Waals surface area contributed by atoms with Gasteiger partial charge < -0.3 is 9.47 Å². The highest BCUT2D eigenvalue weighted by Gasteiger charge is 2.32. The first-order chi connectivity index (χ1) is 5.70. The van der Waals surface area contributed by atoms with E-state index in [1.807, 2.05) is 0 Å². The summed E-state index contributed by atoms with van der Waals surface area (Å²) in [5.74, 6) is -0.524. The molecule has 0 saturated carbocycles. The summed E-state index contributed by atoms with van der Waals surface area (Å²) in [5.41, 5.74) is 0. The fourth-order valence-electron chi connectivity index (χ4n) is 1.56. The first-order valence-electron chi connectivity index (χ1n) is 4.56. The van der Waals surface area contributed by atoms with Crippen LogP contribution >= 0.6 is 0 Å². The lowest BCUT2D eigenvalue weighted by atomic mass is 10.3. The summed E-state index contributed by atoms with van der Waals surface area (Å²) < 4.78 is 10.8. The van der Waals surface area contributed by atoms with Crippen LogP contribution in [0.15, 0.2) is 0 Å². The number of hydrogen-bond acceptors (Lipinski definition) is 3. The molecule has 0 N–H and O–H groups in total. The Hall–Kier alpha value is -0.120. The predicted molar refractivity (Wildman–Crippen MR) is 50.0 cm³/mol. The van der Waals surface area contributed by atoms with E-state index < -0.39 is 5.91 Å². The molecular weight excluding hydrogens is 154 g/mol. The Labute approximate surface area is 75.6 Å². The second-order valence-corrected chi connectivity index (χ2v) is 2.65. The van der Waals surface area contributed by atoms with Gasteiger partial charge >= 0.3 is 0 Å². The molecule has 74 valence electrons. The number of hydrogen-bond donors (Lipinski definition) is 0. The SMILES string of the molecule is CCN(CC)C(CC)(OC)OC. The lowest BCUT2D eigenvalue weighted by molar-refractivity contribution is -0.295. The van der Waals surface area contributed by atoms with Crippen LogP contribution in [-0.4, -0.2) is 38.1 Å². The Morgan fingerprint density at radius 2 is 1.42 bits per heavy atom. The van der Waals surface area contributed by atoms with Gasteiger partial charge in [-0.25, -0.2) is 0 Å². The van der Waals surface area contributed by atoms with Gasteiger partial charge in [-0.15, -0.1) is 0 Å². The van der Waals surface area contributed by atoms with E-state index in [1.54, 1.807) is 14.2 Å². The molecule has 0 saturated heterocycles. The molecule has 0 aromatic carbocycles. The largest absolute Gasteiger partial charge is 0.341 e. The van der Waals surface area contributed by atoms with Gasteiger partial charge in [-0.2, -0.15) is 0 Å². The van der Waals surface area contributed by atoms with Gasteiger partial charge in [0.1, 0.15) is 0 Å². The van der Waals surface area contributed by atoms with E-state index in [4.69, 9.17) is 9.47 Å². The molecule has 0 bridgehead atoms. The smallest absolute Gasteiger partial charge is 0.229 e. The van der Waals surface area contributed by atoms with Crippen LogP contribution in [-0.2, 0) is 9.47 Å². The second-order valence-electron chi connectivity index (χ2n) is 2.65. The third-order valence-electron chi connectivity index (χ3n) is 2.33. The minimum absolute atomic E-state index is 0.524. The third-order valence-corrected chi connectivity index (χ3v) is 2.33. The maximum absolute atomic E-state index is 5.38. The first kappa shape index (κ1) is 11.9. The van der Waals surface area contributed by atoms with Gasteiger partial charge in [0.05, 0.1) is 0 Å². The molecule has 0 radical (unpaired) electrons. The number of rotatable bonds is 6. The topological polar surface area (TPSA) is 21.7 Å². The molecule has 0 atom stereocenters. The second kappa shape index (κ2) is 5.51. The highest BCUT2D eigenvalue weighted by atomic mass is 16.7. The molecule has 0 aliphatic heterocycles. The van der Waals surface area contributed by atoms with Crippen molar-refractivity contribution in [3.63, 3.8) is 0 Å². The van der Waals surface area contributed by atoms with Crippen LogP contribution in [0.4, 0.5) is 0 Å². The lowest BCUT2D eigenvalue weighted by Gasteiger charge is -2.39. The molecule has 0 amide bonds. The summed E-state index contributed by atoms with van der Waals surface area (Å²) in [6.45, 7) is 8.14. The van der Waals surface area contributed by atoms with Crippen molar-refractivity contribution in [3.8, 4) is 0 Å². The molecule has 0 rings (SSSR count). The Morgan fingerprint density at radius 3 is 1.50 bits per heavy atom. The molecule has 12 heavy (non-hydrogen) atoms. The van der Waals surface area contributed by atoms with Crippen molar-refractivity contribution in [1.29, 1.82) is 0 Å². The van der Waals surface area contributed by atoms with Gasteiger partial charge in [0, 0.05) is 33.7 Å². The fraction of sp³-hybridized carbons (Fsp3) is 1.00. The van der Waals surface area contributed by atoms with E-state index in [0.717, 1.165) is 19.5 Å². The van der Waals surface area contributed by atoms with Crippen LogP contribution in [0.25, 0.3) is 0 Å². The molecule has 0 aromatic rings. The minimum Gasteiger partial charge on any atom is -0.341 e. The van der Waals surface area contributed by atoms with Crippen LogP contribution in [0.5, 0.6) is 0 Å². The van der Waals surface area contributed by atoms with E-state index in [9.17, 15) is 0 Å². The number of nitrogens with zero attached hydrogens (tertiary/aromatic N) is 1. The zero-order valence-electron chi connectivity index (χ0n) is 8.89. The molecule has 0 spiro atoms. The molecule has 3 nitrogen and oxygen atoms in total. The average molecular weight is 175 g/mol. The molecule has 0 heterocycles. The Morgan fingerprint density at radius 1 is 1.00 bits per heavy atom. The van der Waals surface area contributed by atoms with Crippen LogP contribution in [0.3, 0.4) is 0 Å². The molecule has 0 aliphatic rings. The maximum atomic E-state index is 5.38. The van der Waals surface area contributed by atoms with E-state index >= 15 is 0 Å². The number of methoxy groups -OCH3 is 2. The van der Waals surface area contributed by atoms with Crippen LogP contribution in [0.1, 0.15) is 27.2 Å². The van der Waals surface area contributed by atoms with Gasteiger partial charge in [0.25, 0.3) is 0 Å². The van der Waals surface area contributed by atoms with Crippen molar-refractivity contribution in [1.82, 2.24) is 4.90 Å². The zero-order valence-corrected chi connectivity index (χ0v) is 8.89. The van der Waals surface area contributed by atoms with Crippen LogP contribution in [0, 0.1) is 0 Å². The van der Waals surface area contributed by atoms with Crippen LogP contribution < -0.4 is 0 Å². The highest BCUT2D eigenvalue weighted by Crippen LogP contribution is 2.20. The van der Waals surface area contributed by atoms with E-state index in [-0.39, 0.29) is 0 Å². The molecule has 0 fully saturated rings. The summed E-state index contributed by atoms with van der Waals surface area (Å²) in [5, 5.41) is 0. The summed E-state index contributed by atoms with van der Waals surface area (Å²) >= 11 is 0. The molecule has 0 unspecified atom stereocenters. The number of ether oxygens (including phenoxy) is 2. The van der Waals surface area contributed by atoms with Crippen molar-refractivity contribution in [2.45, 2.75) is 33.1 Å².